The van der Waals surface area contributed by atoms with Gasteiger partial charge in [0.15, 0.2) is 0 Å². The molecule has 144 valence electrons. The van der Waals surface area contributed by atoms with Gasteiger partial charge in [-0.05, 0) is 48.9 Å². The van der Waals surface area contributed by atoms with Gasteiger partial charge < -0.3 is 15.4 Å². The van der Waals surface area contributed by atoms with Crippen molar-refractivity contribution < 1.29 is 14.3 Å². The lowest BCUT2D eigenvalue weighted by atomic mass is 9.79. The predicted molar refractivity (Wildman–Crippen MR) is 104 cm³/mol. The van der Waals surface area contributed by atoms with Crippen LogP contribution in [-0.4, -0.2) is 25.0 Å². The van der Waals surface area contributed by atoms with Crippen LogP contribution in [0.3, 0.4) is 0 Å². The molecule has 2 amide bonds. The second-order valence-electron chi connectivity index (χ2n) is 7.46. The van der Waals surface area contributed by atoms with Gasteiger partial charge in [0.05, 0.1) is 7.11 Å². The zero-order valence-electron chi connectivity index (χ0n) is 16.4. The number of ether oxygens (including phenoxy) is 1. The Morgan fingerprint density at radius 3 is 2.42 bits per heavy atom. The molecule has 1 aliphatic rings. The molecule has 2 rings (SSSR count). The van der Waals surface area contributed by atoms with Crippen molar-refractivity contribution in [1.29, 1.82) is 0 Å². The molecule has 0 unspecified atom stereocenters. The molecule has 5 heteroatoms. The lowest BCUT2D eigenvalue weighted by Crippen LogP contribution is -2.50. The van der Waals surface area contributed by atoms with Gasteiger partial charge in [0, 0.05) is 11.6 Å². The molecule has 0 bridgehead atoms. The Balaban J connectivity index is 2.05. The molecule has 1 fully saturated rings. The van der Waals surface area contributed by atoms with Gasteiger partial charge in [-0.2, -0.15) is 0 Å². The monoisotopic (exact) mass is 360 g/mol. The van der Waals surface area contributed by atoms with E-state index in [2.05, 4.69) is 17.6 Å². The standard InChI is InChI=1S/C21H32N2O3/c1-5-14(2)19(23-20(24)18-9-7-6-8-15(18)3)21(25)22-16-10-12-17(26-4)13-11-16/h10-15,18-19H,5-9H2,1-4H3,(H,22,25)(H,23,24)/t14-,15-,18+,19-/m0/s1. The number of amides is 2. The van der Waals surface area contributed by atoms with E-state index in [1.54, 1.807) is 31.4 Å². The second-order valence-corrected chi connectivity index (χ2v) is 7.46. The van der Waals surface area contributed by atoms with E-state index in [0.29, 0.717) is 11.6 Å². The van der Waals surface area contributed by atoms with Crippen LogP contribution in [-0.2, 0) is 9.59 Å². The average Bonchev–Trinajstić information content (AvgIpc) is 2.66. The maximum atomic E-state index is 12.8. The number of carbonyl (C=O) groups excluding carboxylic acids is 2. The van der Waals surface area contributed by atoms with E-state index in [9.17, 15) is 9.59 Å². The third-order valence-electron chi connectivity index (χ3n) is 5.60. The highest BCUT2D eigenvalue weighted by Crippen LogP contribution is 2.30. The normalized spacial score (nSPS) is 22.2. The number of methoxy groups -OCH3 is 1. The third-order valence-corrected chi connectivity index (χ3v) is 5.60. The molecule has 0 aromatic heterocycles. The lowest BCUT2D eigenvalue weighted by Gasteiger charge is -2.31. The van der Waals surface area contributed by atoms with Crippen LogP contribution >= 0.6 is 0 Å². The minimum absolute atomic E-state index is 0.0177. The summed E-state index contributed by atoms with van der Waals surface area (Å²) in [5.41, 5.74) is 0.699. The van der Waals surface area contributed by atoms with Crippen molar-refractivity contribution in [2.75, 3.05) is 12.4 Å². The summed E-state index contributed by atoms with van der Waals surface area (Å²) < 4.78 is 5.14. The van der Waals surface area contributed by atoms with Crippen LogP contribution in [0.4, 0.5) is 5.69 Å². The first-order valence-corrected chi connectivity index (χ1v) is 9.71. The minimum Gasteiger partial charge on any atom is -0.497 e. The van der Waals surface area contributed by atoms with Crippen LogP contribution in [0.5, 0.6) is 5.75 Å². The molecule has 0 spiro atoms. The molecule has 26 heavy (non-hydrogen) atoms. The van der Waals surface area contributed by atoms with E-state index in [-0.39, 0.29) is 23.7 Å². The Morgan fingerprint density at radius 1 is 1.19 bits per heavy atom. The Morgan fingerprint density at radius 2 is 1.85 bits per heavy atom. The van der Waals surface area contributed by atoms with Gasteiger partial charge in [-0.3, -0.25) is 9.59 Å². The molecule has 1 saturated carbocycles. The van der Waals surface area contributed by atoms with Gasteiger partial charge in [0.1, 0.15) is 11.8 Å². The first kappa shape index (κ1) is 20.3. The molecule has 0 aliphatic heterocycles. The summed E-state index contributed by atoms with van der Waals surface area (Å²) in [6.07, 6.45) is 5.11. The van der Waals surface area contributed by atoms with Crippen molar-refractivity contribution in [3.05, 3.63) is 24.3 Å². The molecule has 2 N–H and O–H groups in total. The maximum absolute atomic E-state index is 12.8. The van der Waals surface area contributed by atoms with E-state index in [4.69, 9.17) is 4.74 Å². The van der Waals surface area contributed by atoms with Gasteiger partial charge >= 0.3 is 0 Å². The highest BCUT2D eigenvalue weighted by Gasteiger charge is 2.32. The molecule has 0 radical (unpaired) electrons. The summed E-state index contributed by atoms with van der Waals surface area (Å²) >= 11 is 0. The van der Waals surface area contributed by atoms with Crippen LogP contribution < -0.4 is 15.4 Å². The number of rotatable bonds is 7. The van der Waals surface area contributed by atoms with Crippen LogP contribution in [0.15, 0.2) is 24.3 Å². The summed E-state index contributed by atoms with van der Waals surface area (Å²) in [5, 5.41) is 5.95. The summed E-state index contributed by atoms with van der Waals surface area (Å²) in [7, 11) is 1.61. The number of hydrogen-bond donors (Lipinski definition) is 2. The zero-order valence-corrected chi connectivity index (χ0v) is 16.4. The highest BCUT2D eigenvalue weighted by molar-refractivity contribution is 5.97. The fourth-order valence-corrected chi connectivity index (χ4v) is 3.56. The zero-order chi connectivity index (χ0) is 19.1. The van der Waals surface area contributed by atoms with Gasteiger partial charge in [-0.25, -0.2) is 0 Å². The Kier molecular flexibility index (Phi) is 7.49. The first-order chi connectivity index (χ1) is 12.5. The molecule has 0 heterocycles. The van der Waals surface area contributed by atoms with E-state index in [1.807, 2.05) is 13.8 Å². The van der Waals surface area contributed by atoms with Crippen molar-refractivity contribution in [1.82, 2.24) is 5.32 Å². The van der Waals surface area contributed by atoms with Gasteiger partial charge in [0.2, 0.25) is 11.8 Å². The Hall–Kier alpha value is -2.04. The first-order valence-electron chi connectivity index (χ1n) is 9.71. The largest absolute Gasteiger partial charge is 0.497 e. The molecule has 1 aliphatic carbocycles. The van der Waals surface area contributed by atoms with Crippen molar-refractivity contribution in [3.8, 4) is 5.75 Å². The van der Waals surface area contributed by atoms with Crippen LogP contribution in [0.2, 0.25) is 0 Å². The Labute approximate surface area is 156 Å². The minimum atomic E-state index is -0.524. The Bertz CT molecular complexity index is 600. The fraction of sp³-hybridized carbons (Fsp3) is 0.619. The number of nitrogens with one attached hydrogen (secondary N) is 2. The number of benzene rings is 1. The summed E-state index contributed by atoms with van der Waals surface area (Å²) in [6, 6.07) is 6.68. The number of hydrogen-bond acceptors (Lipinski definition) is 3. The average molecular weight is 360 g/mol. The smallest absolute Gasteiger partial charge is 0.247 e. The molecular formula is C21H32N2O3. The number of carbonyl (C=O) groups is 2. The molecule has 4 atom stereocenters. The van der Waals surface area contributed by atoms with E-state index < -0.39 is 6.04 Å². The maximum Gasteiger partial charge on any atom is 0.247 e. The molecular weight excluding hydrogens is 328 g/mol. The quantitative estimate of drug-likeness (QED) is 0.772. The fourth-order valence-electron chi connectivity index (χ4n) is 3.56. The van der Waals surface area contributed by atoms with Crippen LogP contribution in [0.1, 0.15) is 52.9 Å². The predicted octanol–water partition coefficient (Wildman–Crippen LogP) is 3.99. The van der Waals surface area contributed by atoms with Crippen molar-refractivity contribution in [3.63, 3.8) is 0 Å². The van der Waals surface area contributed by atoms with Gasteiger partial charge in [-0.15, -0.1) is 0 Å². The molecule has 1 aromatic rings. The van der Waals surface area contributed by atoms with Crippen molar-refractivity contribution in [2.24, 2.45) is 17.8 Å². The van der Waals surface area contributed by atoms with E-state index in [0.717, 1.165) is 31.4 Å². The summed E-state index contributed by atoms with van der Waals surface area (Å²) in [6.45, 7) is 6.18. The third kappa shape index (κ3) is 5.23. The topological polar surface area (TPSA) is 67.4 Å². The number of anilines is 1. The van der Waals surface area contributed by atoms with E-state index >= 15 is 0 Å². The second kappa shape index (κ2) is 9.60. The van der Waals surface area contributed by atoms with Gasteiger partial charge in [-0.1, -0.05) is 40.0 Å². The van der Waals surface area contributed by atoms with Gasteiger partial charge in [0.25, 0.3) is 0 Å². The SMILES string of the molecule is CC[C@H](C)[C@H](NC(=O)[C@@H]1CCCC[C@@H]1C)C(=O)Nc1ccc(OC)cc1. The van der Waals surface area contributed by atoms with Crippen molar-refractivity contribution in [2.45, 2.75) is 58.9 Å². The van der Waals surface area contributed by atoms with Crippen molar-refractivity contribution >= 4 is 17.5 Å². The molecule has 0 saturated heterocycles. The molecule has 5 nitrogen and oxygen atoms in total. The summed E-state index contributed by atoms with van der Waals surface area (Å²) in [5.74, 6) is 1.06. The highest BCUT2D eigenvalue weighted by atomic mass is 16.5. The van der Waals surface area contributed by atoms with E-state index in [1.165, 1.54) is 6.42 Å². The molecule has 1 aromatic carbocycles. The van der Waals surface area contributed by atoms with Crippen LogP contribution in [0, 0.1) is 17.8 Å². The lowest BCUT2D eigenvalue weighted by molar-refractivity contribution is -0.132. The summed E-state index contributed by atoms with van der Waals surface area (Å²) in [4.78, 5) is 25.6. The van der Waals surface area contributed by atoms with Crippen LogP contribution in [0.25, 0.3) is 0 Å².